The van der Waals surface area contributed by atoms with Gasteiger partial charge in [-0.05, 0) is 72.8 Å². The third-order valence-electron chi connectivity index (χ3n) is 5.67. The van der Waals surface area contributed by atoms with Crippen LogP contribution in [0.2, 0.25) is 10.0 Å². The lowest BCUT2D eigenvalue weighted by molar-refractivity contribution is 0.102. The van der Waals surface area contributed by atoms with Gasteiger partial charge in [-0.25, -0.2) is 17.8 Å². The average molecular weight is 566 g/mol. The number of aromatic nitrogens is 1. The van der Waals surface area contributed by atoms with Gasteiger partial charge in [-0.1, -0.05) is 47.5 Å². The van der Waals surface area contributed by atoms with Gasteiger partial charge in [0.25, 0.3) is 15.9 Å². The van der Waals surface area contributed by atoms with Crippen molar-refractivity contribution in [1.29, 1.82) is 0 Å². The number of fused-ring (bicyclic) bond motifs is 1. The monoisotopic (exact) mass is 565 g/mol. The molecule has 190 valence electrons. The summed E-state index contributed by atoms with van der Waals surface area (Å²) in [4.78, 5) is 18.0. The van der Waals surface area contributed by atoms with E-state index in [-0.39, 0.29) is 32.7 Å². The third-order valence-corrected chi connectivity index (χ3v) is 7.62. The summed E-state index contributed by atoms with van der Waals surface area (Å²) in [6.45, 7) is 0. The molecule has 0 bridgehead atoms. The van der Waals surface area contributed by atoms with E-state index in [0.717, 1.165) is 0 Å². The zero-order chi connectivity index (χ0) is 26.9. The first-order valence-electron chi connectivity index (χ1n) is 11.2. The van der Waals surface area contributed by atoms with Gasteiger partial charge in [-0.2, -0.15) is 0 Å². The van der Waals surface area contributed by atoms with Crippen molar-refractivity contribution in [3.05, 3.63) is 118 Å². The summed E-state index contributed by atoms with van der Waals surface area (Å²) in [6.07, 6.45) is 0. The molecule has 10 heteroatoms. The molecular weight excluding hydrogens is 548 g/mol. The lowest BCUT2D eigenvalue weighted by atomic mass is 10.0. The molecule has 0 atom stereocenters. The first-order chi connectivity index (χ1) is 18.2. The van der Waals surface area contributed by atoms with Crippen molar-refractivity contribution in [3.8, 4) is 11.3 Å². The van der Waals surface area contributed by atoms with Crippen molar-refractivity contribution in [2.45, 2.75) is 4.90 Å². The second-order valence-electron chi connectivity index (χ2n) is 8.29. The Morgan fingerprint density at radius 3 is 2.37 bits per heavy atom. The highest BCUT2D eigenvalue weighted by Crippen LogP contribution is 2.30. The molecule has 0 saturated carbocycles. The Kier molecular flexibility index (Phi) is 7.03. The number of para-hydroxylation sites is 1. The number of amides is 1. The number of hydrogen-bond donors (Lipinski definition) is 2. The lowest BCUT2D eigenvalue weighted by Gasteiger charge is -2.13. The molecule has 0 saturated heterocycles. The maximum Gasteiger partial charge on any atom is 0.261 e. The number of hydrogen-bond acceptors (Lipinski definition) is 4. The van der Waals surface area contributed by atoms with Crippen molar-refractivity contribution in [1.82, 2.24) is 4.98 Å². The molecule has 6 nitrogen and oxygen atoms in total. The van der Waals surface area contributed by atoms with E-state index in [1.54, 1.807) is 60.7 Å². The molecule has 0 fully saturated rings. The van der Waals surface area contributed by atoms with Crippen molar-refractivity contribution in [3.63, 3.8) is 0 Å². The summed E-state index contributed by atoms with van der Waals surface area (Å²) in [5.74, 6) is -0.909. The standard InChI is InChI=1S/C28H18Cl2FN3O3S/c29-18-4-3-5-20(14-18)34-38(36,37)21-12-13-24(30)27(15-21)33-28(35)23-16-26(17-8-10-19(31)11-9-17)32-25-7-2-1-6-22(23)25/h1-16,34H,(H,33,35). The molecule has 0 radical (unpaired) electrons. The van der Waals surface area contributed by atoms with Crippen molar-refractivity contribution in [2.75, 3.05) is 10.0 Å². The van der Waals surface area contributed by atoms with Crippen LogP contribution in [0.25, 0.3) is 22.2 Å². The maximum absolute atomic E-state index is 13.5. The van der Waals surface area contributed by atoms with Gasteiger partial charge in [0.1, 0.15) is 5.82 Å². The van der Waals surface area contributed by atoms with Crippen molar-refractivity contribution < 1.29 is 17.6 Å². The summed E-state index contributed by atoms with van der Waals surface area (Å²) < 4.78 is 41.9. The highest BCUT2D eigenvalue weighted by atomic mass is 35.5. The predicted octanol–water partition coefficient (Wildman–Crippen LogP) is 7.40. The molecule has 0 aliphatic heterocycles. The zero-order valence-electron chi connectivity index (χ0n) is 19.5. The quantitative estimate of drug-likeness (QED) is 0.224. The number of halogens is 3. The Morgan fingerprint density at radius 2 is 1.61 bits per heavy atom. The van der Waals surface area contributed by atoms with Gasteiger partial charge in [-0.15, -0.1) is 0 Å². The molecule has 0 unspecified atom stereocenters. The zero-order valence-corrected chi connectivity index (χ0v) is 21.8. The molecule has 38 heavy (non-hydrogen) atoms. The largest absolute Gasteiger partial charge is 0.321 e. The van der Waals surface area contributed by atoms with Gasteiger partial charge < -0.3 is 5.32 Å². The van der Waals surface area contributed by atoms with Gasteiger partial charge >= 0.3 is 0 Å². The Morgan fingerprint density at radius 1 is 0.842 bits per heavy atom. The minimum absolute atomic E-state index is 0.106. The maximum atomic E-state index is 13.5. The van der Waals surface area contributed by atoms with E-state index in [4.69, 9.17) is 23.2 Å². The average Bonchev–Trinajstić information content (AvgIpc) is 2.89. The van der Waals surface area contributed by atoms with E-state index < -0.39 is 15.9 Å². The van der Waals surface area contributed by atoms with E-state index in [1.807, 2.05) is 0 Å². The number of nitrogens with zero attached hydrogens (tertiary/aromatic N) is 1. The SMILES string of the molecule is O=C(Nc1cc(S(=O)(=O)Nc2cccc(Cl)c2)ccc1Cl)c1cc(-c2ccc(F)cc2)nc2ccccc12. The number of sulfonamides is 1. The molecule has 4 aromatic carbocycles. The first kappa shape index (κ1) is 25.7. The topological polar surface area (TPSA) is 88.2 Å². The molecule has 0 aliphatic rings. The van der Waals surface area contributed by atoms with Crippen LogP contribution in [0.4, 0.5) is 15.8 Å². The van der Waals surface area contributed by atoms with Gasteiger partial charge in [0, 0.05) is 16.0 Å². The van der Waals surface area contributed by atoms with Crippen molar-refractivity contribution in [2.24, 2.45) is 0 Å². The van der Waals surface area contributed by atoms with Crippen LogP contribution in [0, 0.1) is 5.82 Å². The Bertz CT molecular complexity index is 1800. The molecule has 1 amide bonds. The van der Waals surface area contributed by atoms with Gasteiger partial charge in [0.2, 0.25) is 0 Å². The fraction of sp³-hybridized carbons (Fsp3) is 0. The van der Waals surface area contributed by atoms with Crippen LogP contribution >= 0.6 is 23.2 Å². The fourth-order valence-corrected chi connectivity index (χ4v) is 5.29. The Balaban J connectivity index is 1.50. The van der Waals surface area contributed by atoms with Crippen LogP contribution in [-0.4, -0.2) is 19.3 Å². The third kappa shape index (κ3) is 5.47. The molecule has 5 aromatic rings. The van der Waals surface area contributed by atoms with E-state index in [1.165, 1.54) is 36.4 Å². The number of anilines is 2. The van der Waals surface area contributed by atoms with Gasteiger partial charge in [0.15, 0.2) is 0 Å². The van der Waals surface area contributed by atoms with Crippen molar-refractivity contribution >= 4 is 61.4 Å². The lowest BCUT2D eigenvalue weighted by Crippen LogP contribution is -2.16. The number of nitrogens with one attached hydrogen (secondary N) is 2. The summed E-state index contributed by atoms with van der Waals surface area (Å²) >= 11 is 12.3. The molecule has 1 aromatic heterocycles. The van der Waals surface area contributed by atoms with Gasteiger partial charge in [-0.3, -0.25) is 9.52 Å². The predicted molar refractivity (Wildman–Crippen MR) is 149 cm³/mol. The smallest absolute Gasteiger partial charge is 0.261 e. The molecule has 5 rings (SSSR count). The highest BCUT2D eigenvalue weighted by molar-refractivity contribution is 7.92. The van der Waals surface area contributed by atoms with Crippen LogP contribution in [0.1, 0.15) is 10.4 Å². The van der Waals surface area contributed by atoms with Crippen LogP contribution in [0.15, 0.2) is 102 Å². The number of rotatable bonds is 6. The number of carbonyl (C=O) groups excluding carboxylic acids is 1. The van der Waals surface area contributed by atoms with Crippen LogP contribution in [-0.2, 0) is 10.0 Å². The molecule has 0 aliphatic carbocycles. The first-order valence-corrected chi connectivity index (χ1v) is 13.5. The van der Waals surface area contributed by atoms with Gasteiger partial charge in [0.05, 0.1) is 38.1 Å². The van der Waals surface area contributed by atoms with E-state index in [0.29, 0.717) is 27.2 Å². The minimum Gasteiger partial charge on any atom is -0.321 e. The fourth-order valence-electron chi connectivity index (χ4n) is 3.85. The molecule has 2 N–H and O–H groups in total. The molecule has 1 heterocycles. The van der Waals surface area contributed by atoms with E-state index >= 15 is 0 Å². The second kappa shape index (κ2) is 10.4. The van der Waals surface area contributed by atoms with Crippen LogP contribution < -0.4 is 10.0 Å². The summed E-state index contributed by atoms with van der Waals surface area (Å²) in [5.41, 5.74) is 2.35. The number of benzene rings is 4. The highest BCUT2D eigenvalue weighted by Gasteiger charge is 2.19. The van der Waals surface area contributed by atoms with Crippen LogP contribution in [0.3, 0.4) is 0 Å². The summed E-state index contributed by atoms with van der Waals surface area (Å²) in [6, 6.07) is 24.7. The summed E-state index contributed by atoms with van der Waals surface area (Å²) in [7, 11) is -4.01. The van der Waals surface area contributed by atoms with E-state index in [2.05, 4.69) is 15.0 Å². The molecular formula is C28H18Cl2FN3O3S. The van der Waals surface area contributed by atoms with Crippen LogP contribution in [0.5, 0.6) is 0 Å². The van der Waals surface area contributed by atoms with E-state index in [9.17, 15) is 17.6 Å². The number of pyridine rings is 1. The minimum atomic E-state index is -4.01. The Labute approximate surface area is 228 Å². The summed E-state index contributed by atoms with van der Waals surface area (Å²) in [5, 5.41) is 3.83. The molecule has 0 spiro atoms. The second-order valence-corrected chi connectivity index (χ2v) is 10.8. The number of carbonyl (C=O) groups is 1. The Hall–Kier alpha value is -3.98. The normalized spacial score (nSPS) is 11.3.